The second kappa shape index (κ2) is 8.29. The van der Waals surface area contributed by atoms with Crippen LogP contribution in [-0.2, 0) is 19.6 Å². The molecule has 0 bridgehead atoms. The number of ether oxygens (including phenoxy) is 1. The van der Waals surface area contributed by atoms with E-state index < -0.39 is 10.0 Å². The quantitative estimate of drug-likeness (QED) is 0.727. The first kappa shape index (κ1) is 19.9. The number of nitrogens with zero attached hydrogens (tertiary/aromatic N) is 1. The summed E-state index contributed by atoms with van der Waals surface area (Å²) >= 11 is 0. The van der Waals surface area contributed by atoms with Crippen LogP contribution < -0.4 is 5.32 Å². The Morgan fingerprint density at radius 1 is 1.24 bits per heavy atom. The van der Waals surface area contributed by atoms with Crippen LogP contribution in [0.1, 0.15) is 37.8 Å². The van der Waals surface area contributed by atoms with E-state index in [1.54, 1.807) is 6.07 Å². The Bertz CT molecular complexity index is 723. The molecule has 0 heterocycles. The molecule has 140 valence electrons. The molecule has 1 aliphatic rings. The van der Waals surface area contributed by atoms with Crippen molar-refractivity contribution in [2.75, 3.05) is 31.6 Å². The molecule has 1 aromatic carbocycles. The predicted octanol–water partition coefficient (Wildman–Crippen LogP) is 2.70. The van der Waals surface area contributed by atoms with Crippen LogP contribution in [0.25, 0.3) is 0 Å². The average molecular weight is 368 g/mol. The highest BCUT2D eigenvalue weighted by Gasteiger charge is 2.24. The van der Waals surface area contributed by atoms with Crippen LogP contribution in [0.2, 0.25) is 0 Å². The van der Waals surface area contributed by atoms with Gasteiger partial charge in [-0.25, -0.2) is 8.42 Å². The molecule has 2 rings (SSSR count). The minimum absolute atomic E-state index is 0.0119. The summed E-state index contributed by atoms with van der Waals surface area (Å²) in [6.07, 6.45) is 2.34. The molecule has 1 aromatic rings. The maximum atomic E-state index is 12.7. The monoisotopic (exact) mass is 368 g/mol. The minimum atomic E-state index is -3.57. The summed E-state index contributed by atoms with van der Waals surface area (Å²) in [5.74, 6) is 0.333. The number of benzene rings is 1. The number of rotatable bonds is 9. The summed E-state index contributed by atoms with van der Waals surface area (Å²) in [7, 11) is -3.57. The van der Waals surface area contributed by atoms with Gasteiger partial charge in [-0.2, -0.15) is 4.31 Å². The molecule has 7 heteroatoms. The number of nitrogens with one attached hydrogen (secondary N) is 1. The van der Waals surface area contributed by atoms with Crippen molar-refractivity contribution in [1.29, 1.82) is 0 Å². The zero-order valence-corrected chi connectivity index (χ0v) is 16.3. The Morgan fingerprint density at radius 3 is 2.44 bits per heavy atom. The summed E-state index contributed by atoms with van der Waals surface area (Å²) in [6.45, 7) is 8.73. The molecule has 0 aromatic heterocycles. The van der Waals surface area contributed by atoms with Gasteiger partial charge < -0.3 is 10.1 Å². The van der Waals surface area contributed by atoms with Crippen LogP contribution in [0, 0.1) is 19.8 Å². The van der Waals surface area contributed by atoms with Crippen molar-refractivity contribution in [2.24, 2.45) is 5.92 Å². The number of carbonyl (C=O) groups is 1. The predicted molar refractivity (Wildman–Crippen MR) is 98.2 cm³/mol. The number of hydrogen-bond acceptors (Lipinski definition) is 4. The van der Waals surface area contributed by atoms with E-state index in [1.807, 2.05) is 27.7 Å². The van der Waals surface area contributed by atoms with Crippen molar-refractivity contribution >= 4 is 21.6 Å². The Hall–Kier alpha value is -1.44. The number of hydrogen-bond donors (Lipinski definition) is 1. The lowest BCUT2D eigenvalue weighted by Gasteiger charge is -2.20. The molecular formula is C18H28N2O4S. The molecule has 1 amide bonds. The minimum Gasteiger partial charge on any atom is -0.371 e. The van der Waals surface area contributed by atoms with E-state index in [-0.39, 0.29) is 17.4 Å². The molecule has 0 atom stereocenters. The van der Waals surface area contributed by atoms with Gasteiger partial charge in [0, 0.05) is 18.8 Å². The second-order valence-corrected chi connectivity index (χ2v) is 8.45. The van der Waals surface area contributed by atoms with Gasteiger partial charge in [0.2, 0.25) is 15.9 Å². The van der Waals surface area contributed by atoms with Gasteiger partial charge in [0.1, 0.15) is 6.61 Å². The summed E-state index contributed by atoms with van der Waals surface area (Å²) in [4.78, 5) is 12.3. The maximum absolute atomic E-state index is 12.7. The Morgan fingerprint density at radius 2 is 1.88 bits per heavy atom. The maximum Gasteiger partial charge on any atom is 0.250 e. The highest BCUT2D eigenvalue weighted by Crippen LogP contribution is 2.29. The first-order valence-electron chi connectivity index (χ1n) is 8.78. The molecule has 0 saturated heterocycles. The standard InChI is InChI=1S/C18H28N2O4S/c1-5-20(6-2)25(22,23)16-9-13(3)14(4)17(10-16)19-18(21)12-24-11-15-7-8-15/h9-10,15H,5-8,11-12H2,1-4H3,(H,19,21). The number of amides is 1. The fraction of sp³-hybridized carbons (Fsp3) is 0.611. The van der Waals surface area contributed by atoms with E-state index in [4.69, 9.17) is 4.74 Å². The van der Waals surface area contributed by atoms with E-state index in [1.165, 1.54) is 23.2 Å². The largest absolute Gasteiger partial charge is 0.371 e. The average Bonchev–Trinajstić information content (AvgIpc) is 3.36. The zero-order chi connectivity index (χ0) is 18.6. The van der Waals surface area contributed by atoms with Gasteiger partial charge in [0.25, 0.3) is 0 Å². The topological polar surface area (TPSA) is 75.7 Å². The van der Waals surface area contributed by atoms with E-state index in [0.29, 0.717) is 31.3 Å². The van der Waals surface area contributed by atoms with Crippen LogP contribution in [0.5, 0.6) is 0 Å². The lowest BCUT2D eigenvalue weighted by atomic mass is 10.1. The van der Waals surface area contributed by atoms with Crippen molar-refractivity contribution < 1.29 is 17.9 Å². The Balaban J connectivity index is 2.17. The molecule has 1 saturated carbocycles. The first-order chi connectivity index (χ1) is 11.8. The Labute approximate surface area is 150 Å². The van der Waals surface area contributed by atoms with Gasteiger partial charge in [-0.15, -0.1) is 0 Å². The summed E-state index contributed by atoms with van der Waals surface area (Å²) in [6, 6.07) is 3.19. The number of sulfonamides is 1. The van der Waals surface area contributed by atoms with Crippen LogP contribution in [0.4, 0.5) is 5.69 Å². The number of anilines is 1. The van der Waals surface area contributed by atoms with Crippen molar-refractivity contribution in [3.63, 3.8) is 0 Å². The van der Waals surface area contributed by atoms with Gasteiger partial charge in [-0.05, 0) is 55.9 Å². The van der Waals surface area contributed by atoms with Gasteiger partial charge in [0.05, 0.1) is 11.5 Å². The SMILES string of the molecule is CCN(CC)S(=O)(=O)c1cc(C)c(C)c(NC(=O)COCC2CC2)c1. The highest BCUT2D eigenvalue weighted by molar-refractivity contribution is 7.89. The molecule has 0 radical (unpaired) electrons. The highest BCUT2D eigenvalue weighted by atomic mass is 32.2. The molecule has 0 aliphatic heterocycles. The summed E-state index contributed by atoms with van der Waals surface area (Å²) in [5.41, 5.74) is 2.20. The second-order valence-electron chi connectivity index (χ2n) is 6.51. The molecule has 1 aliphatic carbocycles. The van der Waals surface area contributed by atoms with Crippen LogP contribution in [0.15, 0.2) is 17.0 Å². The van der Waals surface area contributed by atoms with E-state index >= 15 is 0 Å². The van der Waals surface area contributed by atoms with Crippen molar-refractivity contribution in [2.45, 2.75) is 45.4 Å². The zero-order valence-electron chi connectivity index (χ0n) is 15.5. The van der Waals surface area contributed by atoms with Crippen LogP contribution in [-0.4, -0.2) is 44.9 Å². The van der Waals surface area contributed by atoms with Crippen molar-refractivity contribution in [3.05, 3.63) is 23.3 Å². The van der Waals surface area contributed by atoms with Gasteiger partial charge in [-0.1, -0.05) is 13.8 Å². The first-order valence-corrected chi connectivity index (χ1v) is 10.2. The number of carbonyl (C=O) groups excluding carboxylic acids is 1. The normalized spacial score (nSPS) is 14.8. The smallest absolute Gasteiger partial charge is 0.250 e. The van der Waals surface area contributed by atoms with Crippen LogP contribution >= 0.6 is 0 Å². The molecular weight excluding hydrogens is 340 g/mol. The summed E-state index contributed by atoms with van der Waals surface area (Å²) < 4.78 is 32.3. The van der Waals surface area contributed by atoms with Gasteiger partial charge in [0.15, 0.2) is 0 Å². The lowest BCUT2D eigenvalue weighted by Crippen LogP contribution is -2.31. The molecule has 0 unspecified atom stereocenters. The van der Waals surface area contributed by atoms with E-state index in [0.717, 1.165) is 11.1 Å². The summed E-state index contributed by atoms with van der Waals surface area (Å²) in [5, 5.41) is 2.79. The molecule has 6 nitrogen and oxygen atoms in total. The van der Waals surface area contributed by atoms with Crippen molar-refractivity contribution in [1.82, 2.24) is 4.31 Å². The lowest BCUT2D eigenvalue weighted by molar-refractivity contribution is -0.120. The van der Waals surface area contributed by atoms with Gasteiger partial charge >= 0.3 is 0 Å². The van der Waals surface area contributed by atoms with Gasteiger partial charge in [-0.3, -0.25) is 4.79 Å². The fourth-order valence-corrected chi connectivity index (χ4v) is 4.18. The Kier molecular flexibility index (Phi) is 6.59. The third-order valence-electron chi connectivity index (χ3n) is 4.54. The van der Waals surface area contributed by atoms with E-state index in [2.05, 4.69) is 5.32 Å². The fourth-order valence-electron chi connectivity index (χ4n) is 2.61. The van der Waals surface area contributed by atoms with Crippen molar-refractivity contribution in [3.8, 4) is 0 Å². The number of aryl methyl sites for hydroxylation is 1. The molecule has 1 fully saturated rings. The molecule has 25 heavy (non-hydrogen) atoms. The third-order valence-corrected chi connectivity index (χ3v) is 6.57. The molecule has 0 spiro atoms. The van der Waals surface area contributed by atoms with Crippen LogP contribution in [0.3, 0.4) is 0 Å². The van der Waals surface area contributed by atoms with E-state index in [9.17, 15) is 13.2 Å². The molecule has 1 N–H and O–H groups in total. The third kappa shape index (κ3) is 5.03.